The lowest BCUT2D eigenvalue weighted by molar-refractivity contribution is -0.385. The Morgan fingerprint density at radius 1 is 1.12 bits per heavy atom. The summed E-state index contributed by atoms with van der Waals surface area (Å²) in [5.41, 5.74) is 7.11. The van der Waals surface area contributed by atoms with Crippen LogP contribution in [-0.2, 0) is 16.6 Å². The van der Waals surface area contributed by atoms with Gasteiger partial charge in [0.15, 0.2) is 0 Å². The molecular weight excluding hydrogens is 354 g/mol. The first kappa shape index (κ1) is 20.0. The van der Waals surface area contributed by atoms with E-state index in [4.69, 9.17) is 5.73 Å². The summed E-state index contributed by atoms with van der Waals surface area (Å²) in [6, 6.07) is 11.9. The molecule has 8 heteroatoms. The van der Waals surface area contributed by atoms with Crippen molar-refractivity contribution < 1.29 is 13.3 Å². The summed E-state index contributed by atoms with van der Waals surface area (Å²) in [4.78, 5) is 10.6. The van der Waals surface area contributed by atoms with Gasteiger partial charge in [-0.25, -0.2) is 8.42 Å². The summed E-state index contributed by atoms with van der Waals surface area (Å²) in [6.45, 7) is 4.03. The Labute approximate surface area is 153 Å². The van der Waals surface area contributed by atoms with Gasteiger partial charge in [0, 0.05) is 24.7 Å². The van der Waals surface area contributed by atoms with E-state index in [9.17, 15) is 18.5 Å². The van der Waals surface area contributed by atoms with Crippen molar-refractivity contribution >= 4 is 15.7 Å². The number of hydrogen-bond acceptors (Lipinski definition) is 5. The molecule has 0 bridgehead atoms. The highest BCUT2D eigenvalue weighted by atomic mass is 32.2. The summed E-state index contributed by atoms with van der Waals surface area (Å²) in [5, 5.41) is 11.2. The molecule has 0 radical (unpaired) electrons. The van der Waals surface area contributed by atoms with Crippen molar-refractivity contribution in [2.45, 2.75) is 31.7 Å². The van der Waals surface area contributed by atoms with Crippen LogP contribution in [0.15, 0.2) is 47.4 Å². The molecule has 0 atom stereocenters. The molecule has 0 spiro atoms. The van der Waals surface area contributed by atoms with Gasteiger partial charge in [-0.2, -0.15) is 4.31 Å². The first-order valence-corrected chi connectivity index (χ1v) is 9.71. The highest BCUT2D eigenvalue weighted by Gasteiger charge is 2.28. The van der Waals surface area contributed by atoms with Crippen molar-refractivity contribution in [1.29, 1.82) is 0 Å². The van der Waals surface area contributed by atoms with Gasteiger partial charge in [-0.05, 0) is 44.0 Å². The number of rotatable bonds is 8. The molecule has 7 nitrogen and oxygen atoms in total. The minimum Gasteiger partial charge on any atom is -0.330 e. The van der Waals surface area contributed by atoms with Crippen molar-refractivity contribution in [3.63, 3.8) is 0 Å². The highest BCUT2D eigenvalue weighted by Crippen LogP contribution is 2.29. The molecule has 0 fully saturated rings. The monoisotopic (exact) mass is 377 g/mol. The standard InChI is InChI=1S/C18H23N3O4S/c1-14-11-15(2)18(12-17(14)21(22)23)26(24,25)20(10-6-9-19)13-16-7-4-3-5-8-16/h3-5,7-8,11-12H,6,9-10,13,19H2,1-2H3. The highest BCUT2D eigenvalue weighted by molar-refractivity contribution is 7.89. The van der Waals surface area contributed by atoms with Crippen molar-refractivity contribution in [3.05, 3.63) is 69.3 Å². The fourth-order valence-corrected chi connectivity index (χ4v) is 4.47. The maximum atomic E-state index is 13.2. The Hall–Kier alpha value is -2.29. The first-order chi connectivity index (χ1) is 12.3. The molecule has 0 aliphatic rings. The van der Waals surface area contributed by atoms with E-state index in [0.29, 0.717) is 24.1 Å². The number of nitrogens with zero attached hydrogens (tertiary/aromatic N) is 2. The molecule has 2 aromatic rings. The van der Waals surface area contributed by atoms with Gasteiger partial charge in [0.05, 0.1) is 9.82 Å². The zero-order valence-corrected chi connectivity index (χ0v) is 15.7. The summed E-state index contributed by atoms with van der Waals surface area (Å²) in [5.74, 6) is 0. The lowest BCUT2D eigenvalue weighted by Crippen LogP contribution is -2.33. The van der Waals surface area contributed by atoms with Crippen molar-refractivity contribution in [3.8, 4) is 0 Å². The van der Waals surface area contributed by atoms with E-state index < -0.39 is 14.9 Å². The normalized spacial score (nSPS) is 11.7. The minimum atomic E-state index is -3.90. The van der Waals surface area contributed by atoms with E-state index in [1.54, 1.807) is 13.8 Å². The molecule has 0 saturated heterocycles. The van der Waals surface area contributed by atoms with Crippen LogP contribution < -0.4 is 5.73 Å². The zero-order valence-electron chi connectivity index (χ0n) is 14.9. The van der Waals surface area contributed by atoms with Gasteiger partial charge in [0.1, 0.15) is 0 Å². The lowest BCUT2D eigenvalue weighted by atomic mass is 10.1. The van der Waals surface area contributed by atoms with E-state index in [0.717, 1.165) is 11.6 Å². The molecule has 0 amide bonds. The summed E-state index contributed by atoms with van der Waals surface area (Å²) in [6.07, 6.45) is 0.499. The topological polar surface area (TPSA) is 107 Å². The van der Waals surface area contributed by atoms with Crippen molar-refractivity contribution in [1.82, 2.24) is 4.31 Å². The lowest BCUT2D eigenvalue weighted by Gasteiger charge is -2.23. The van der Waals surface area contributed by atoms with E-state index >= 15 is 0 Å². The van der Waals surface area contributed by atoms with Crippen LogP contribution >= 0.6 is 0 Å². The minimum absolute atomic E-state index is 0.0391. The second-order valence-electron chi connectivity index (χ2n) is 6.13. The van der Waals surface area contributed by atoms with Gasteiger partial charge in [0.25, 0.3) is 5.69 Å². The van der Waals surface area contributed by atoms with Crippen LogP contribution in [0.3, 0.4) is 0 Å². The quantitative estimate of drug-likeness (QED) is 0.562. The van der Waals surface area contributed by atoms with Gasteiger partial charge in [-0.15, -0.1) is 0 Å². The van der Waals surface area contributed by atoms with Crippen LogP contribution in [0.1, 0.15) is 23.1 Å². The predicted molar refractivity (Wildman–Crippen MR) is 100 cm³/mol. The number of aryl methyl sites for hydroxylation is 2. The molecule has 2 rings (SSSR count). The van der Waals surface area contributed by atoms with Crippen LogP contribution in [0, 0.1) is 24.0 Å². The third-order valence-corrected chi connectivity index (χ3v) is 6.11. The zero-order chi connectivity index (χ0) is 19.3. The fraction of sp³-hybridized carbons (Fsp3) is 0.333. The Morgan fingerprint density at radius 3 is 2.35 bits per heavy atom. The second kappa shape index (κ2) is 8.39. The van der Waals surface area contributed by atoms with Crippen LogP contribution in [0.25, 0.3) is 0 Å². The number of nitro benzene ring substituents is 1. The van der Waals surface area contributed by atoms with Gasteiger partial charge >= 0.3 is 0 Å². The summed E-state index contributed by atoms with van der Waals surface area (Å²) >= 11 is 0. The predicted octanol–water partition coefficient (Wildman–Crippen LogP) is 2.75. The second-order valence-corrected chi connectivity index (χ2v) is 8.03. The summed E-state index contributed by atoms with van der Waals surface area (Å²) in [7, 11) is -3.90. The molecule has 0 unspecified atom stereocenters. The van der Waals surface area contributed by atoms with Crippen LogP contribution in [0.4, 0.5) is 5.69 Å². The average molecular weight is 377 g/mol. The molecule has 26 heavy (non-hydrogen) atoms. The number of nitro groups is 1. The maximum Gasteiger partial charge on any atom is 0.273 e. The molecule has 140 valence electrons. The molecule has 0 aliphatic carbocycles. The smallest absolute Gasteiger partial charge is 0.273 e. The molecule has 0 aliphatic heterocycles. The number of hydrogen-bond donors (Lipinski definition) is 1. The van der Waals surface area contributed by atoms with Gasteiger partial charge in [-0.1, -0.05) is 30.3 Å². The number of nitrogens with two attached hydrogens (primary N) is 1. The van der Waals surface area contributed by atoms with Crippen LogP contribution in [0.5, 0.6) is 0 Å². The largest absolute Gasteiger partial charge is 0.330 e. The molecule has 0 heterocycles. The maximum absolute atomic E-state index is 13.2. The van der Waals surface area contributed by atoms with Gasteiger partial charge < -0.3 is 5.73 Å². The number of sulfonamides is 1. The molecule has 2 aromatic carbocycles. The average Bonchev–Trinajstić information content (AvgIpc) is 2.58. The Bertz CT molecular complexity index is 883. The molecule has 0 aromatic heterocycles. The van der Waals surface area contributed by atoms with Crippen LogP contribution in [-0.4, -0.2) is 30.7 Å². The Kier molecular flexibility index (Phi) is 6.47. The first-order valence-electron chi connectivity index (χ1n) is 8.27. The Balaban J connectivity index is 2.49. The van der Waals surface area contributed by atoms with Crippen molar-refractivity contribution in [2.75, 3.05) is 13.1 Å². The third kappa shape index (κ3) is 4.46. The SMILES string of the molecule is Cc1cc(C)c(S(=O)(=O)N(CCCN)Cc2ccccc2)cc1[N+](=O)[O-]. The molecule has 2 N–H and O–H groups in total. The molecular formula is C18H23N3O4S. The van der Waals surface area contributed by atoms with Crippen LogP contribution in [0.2, 0.25) is 0 Å². The Morgan fingerprint density at radius 2 is 1.77 bits per heavy atom. The van der Waals surface area contributed by atoms with E-state index in [-0.39, 0.29) is 23.7 Å². The number of benzene rings is 2. The van der Waals surface area contributed by atoms with Gasteiger partial charge in [0.2, 0.25) is 10.0 Å². The fourth-order valence-electron chi connectivity index (χ4n) is 2.77. The van der Waals surface area contributed by atoms with E-state index in [2.05, 4.69) is 0 Å². The van der Waals surface area contributed by atoms with Gasteiger partial charge in [-0.3, -0.25) is 10.1 Å². The summed E-state index contributed by atoms with van der Waals surface area (Å²) < 4.78 is 27.8. The van der Waals surface area contributed by atoms with E-state index in [1.165, 1.54) is 10.4 Å². The third-order valence-electron chi connectivity index (χ3n) is 4.12. The van der Waals surface area contributed by atoms with E-state index in [1.807, 2.05) is 30.3 Å². The molecule has 0 saturated carbocycles. The van der Waals surface area contributed by atoms with Crippen molar-refractivity contribution in [2.24, 2.45) is 5.73 Å².